The molecule has 0 radical (unpaired) electrons. The Morgan fingerprint density at radius 2 is 2.43 bits per heavy atom. The summed E-state index contributed by atoms with van der Waals surface area (Å²) in [6.07, 6.45) is 2.99. The van der Waals surface area contributed by atoms with Crippen molar-refractivity contribution in [2.45, 2.75) is 6.42 Å². The van der Waals surface area contributed by atoms with E-state index in [9.17, 15) is 4.79 Å². The molecule has 2 heterocycles. The molecule has 14 heavy (non-hydrogen) atoms. The summed E-state index contributed by atoms with van der Waals surface area (Å²) in [5, 5.41) is 0.799. The number of hydrogen-bond donors (Lipinski definition) is 0. The van der Waals surface area contributed by atoms with Crippen molar-refractivity contribution < 1.29 is 9.21 Å². The van der Waals surface area contributed by atoms with Crippen molar-refractivity contribution in [3.63, 3.8) is 0 Å². The molecule has 0 amide bonds. The second kappa shape index (κ2) is 4.06. The van der Waals surface area contributed by atoms with Crippen LogP contribution in [-0.4, -0.2) is 11.3 Å². The van der Waals surface area contributed by atoms with E-state index in [1.165, 1.54) is 11.3 Å². The molecule has 5 heteroatoms. The SMILES string of the molecule is O=CCc1cnc(-c2ccc(Br)o2)s1. The normalized spacial score (nSPS) is 10.4. The Labute approximate surface area is 92.9 Å². The lowest BCUT2D eigenvalue weighted by atomic mass is 10.4. The second-order valence-electron chi connectivity index (χ2n) is 2.61. The molecule has 2 aromatic rings. The molecule has 0 atom stereocenters. The molecule has 2 rings (SSSR count). The fourth-order valence-electron chi connectivity index (χ4n) is 1.03. The third kappa shape index (κ3) is 1.93. The monoisotopic (exact) mass is 271 g/mol. The summed E-state index contributed by atoms with van der Waals surface area (Å²) in [7, 11) is 0. The van der Waals surface area contributed by atoms with Gasteiger partial charge in [-0.1, -0.05) is 0 Å². The molecule has 0 aliphatic rings. The molecule has 3 nitrogen and oxygen atoms in total. The topological polar surface area (TPSA) is 43.1 Å². The van der Waals surface area contributed by atoms with Crippen molar-refractivity contribution in [3.8, 4) is 10.8 Å². The number of furan rings is 1. The standard InChI is InChI=1S/C9H6BrNO2S/c10-8-2-1-7(13-8)9-11-5-6(14-9)3-4-12/h1-2,4-5H,3H2. The van der Waals surface area contributed by atoms with Gasteiger partial charge in [0.15, 0.2) is 15.4 Å². The molecule has 0 aromatic carbocycles. The van der Waals surface area contributed by atoms with Gasteiger partial charge in [-0.25, -0.2) is 4.98 Å². The van der Waals surface area contributed by atoms with Crippen LogP contribution in [-0.2, 0) is 11.2 Å². The van der Waals surface area contributed by atoms with E-state index in [1.54, 1.807) is 6.20 Å². The molecule has 0 aliphatic heterocycles. The second-order valence-corrected chi connectivity index (χ2v) is 4.50. The molecule has 72 valence electrons. The molecular weight excluding hydrogens is 266 g/mol. The number of hydrogen-bond acceptors (Lipinski definition) is 4. The molecule has 0 spiro atoms. The number of aldehydes is 1. The highest BCUT2D eigenvalue weighted by Crippen LogP contribution is 2.28. The van der Waals surface area contributed by atoms with Crippen molar-refractivity contribution in [1.29, 1.82) is 0 Å². The van der Waals surface area contributed by atoms with E-state index >= 15 is 0 Å². The van der Waals surface area contributed by atoms with Crippen molar-refractivity contribution >= 4 is 33.6 Å². The zero-order valence-electron chi connectivity index (χ0n) is 7.07. The Morgan fingerprint density at radius 1 is 1.57 bits per heavy atom. The smallest absolute Gasteiger partial charge is 0.170 e. The largest absolute Gasteiger partial charge is 0.447 e. The van der Waals surface area contributed by atoms with Gasteiger partial charge >= 0.3 is 0 Å². The number of halogens is 1. The van der Waals surface area contributed by atoms with Crippen LogP contribution in [0.25, 0.3) is 10.8 Å². The highest BCUT2D eigenvalue weighted by molar-refractivity contribution is 9.10. The fourth-order valence-corrected chi connectivity index (χ4v) is 2.15. The summed E-state index contributed by atoms with van der Waals surface area (Å²) >= 11 is 4.69. The van der Waals surface area contributed by atoms with Gasteiger partial charge in [-0.3, -0.25) is 0 Å². The maximum absolute atomic E-state index is 10.3. The first-order valence-corrected chi connectivity index (χ1v) is 5.54. The van der Waals surface area contributed by atoms with Gasteiger partial charge in [0.05, 0.1) is 0 Å². The van der Waals surface area contributed by atoms with E-state index in [-0.39, 0.29) is 0 Å². The number of nitrogens with zero attached hydrogens (tertiary/aromatic N) is 1. The van der Waals surface area contributed by atoms with E-state index in [1.807, 2.05) is 12.1 Å². The van der Waals surface area contributed by atoms with Gasteiger partial charge in [0.25, 0.3) is 0 Å². The Kier molecular flexibility index (Phi) is 2.79. The number of carbonyl (C=O) groups is 1. The third-order valence-electron chi connectivity index (χ3n) is 1.62. The lowest BCUT2D eigenvalue weighted by Crippen LogP contribution is -1.76. The molecule has 0 N–H and O–H groups in total. The number of thiazole rings is 1. The third-order valence-corrected chi connectivity index (χ3v) is 3.08. The lowest BCUT2D eigenvalue weighted by molar-refractivity contribution is -0.107. The predicted octanol–water partition coefficient (Wildman–Crippen LogP) is 2.91. The van der Waals surface area contributed by atoms with Gasteiger partial charge in [0.1, 0.15) is 6.29 Å². The van der Waals surface area contributed by atoms with Crippen LogP contribution < -0.4 is 0 Å². The Hall–Kier alpha value is -0.940. The van der Waals surface area contributed by atoms with E-state index in [0.717, 1.165) is 21.9 Å². The zero-order chi connectivity index (χ0) is 9.97. The van der Waals surface area contributed by atoms with Gasteiger partial charge in [-0.2, -0.15) is 0 Å². The first kappa shape index (κ1) is 9.61. The summed E-state index contributed by atoms with van der Waals surface area (Å²) < 4.78 is 6.02. The van der Waals surface area contributed by atoms with E-state index < -0.39 is 0 Å². The Bertz CT molecular complexity index is 449. The summed E-state index contributed by atoms with van der Waals surface area (Å²) in [6, 6.07) is 3.66. The Morgan fingerprint density at radius 3 is 3.07 bits per heavy atom. The Balaban J connectivity index is 2.28. The quantitative estimate of drug-likeness (QED) is 0.807. The van der Waals surface area contributed by atoms with Gasteiger partial charge < -0.3 is 9.21 Å². The maximum atomic E-state index is 10.3. The van der Waals surface area contributed by atoms with Crippen molar-refractivity contribution in [2.24, 2.45) is 0 Å². The number of carbonyl (C=O) groups excluding carboxylic acids is 1. The van der Waals surface area contributed by atoms with Crippen molar-refractivity contribution in [3.05, 3.63) is 27.9 Å². The molecular formula is C9H6BrNO2S. The van der Waals surface area contributed by atoms with Crippen LogP contribution in [0.5, 0.6) is 0 Å². The molecule has 0 unspecified atom stereocenters. The molecule has 0 aliphatic carbocycles. The van der Waals surface area contributed by atoms with E-state index in [0.29, 0.717) is 11.1 Å². The van der Waals surface area contributed by atoms with Crippen molar-refractivity contribution in [1.82, 2.24) is 4.98 Å². The molecule has 0 saturated carbocycles. The van der Waals surface area contributed by atoms with Crippen LogP contribution in [0, 0.1) is 0 Å². The minimum atomic E-state index is 0.416. The van der Waals surface area contributed by atoms with Gasteiger partial charge in [0.2, 0.25) is 0 Å². The average molecular weight is 272 g/mol. The summed E-state index contributed by atoms with van der Waals surface area (Å²) in [4.78, 5) is 15.4. The minimum absolute atomic E-state index is 0.416. The molecule has 0 saturated heterocycles. The molecule has 2 aromatic heterocycles. The van der Waals surface area contributed by atoms with Crippen molar-refractivity contribution in [2.75, 3.05) is 0 Å². The van der Waals surface area contributed by atoms with Crippen LogP contribution in [0.4, 0.5) is 0 Å². The highest BCUT2D eigenvalue weighted by atomic mass is 79.9. The summed E-state index contributed by atoms with van der Waals surface area (Å²) in [5.74, 6) is 0.721. The van der Waals surface area contributed by atoms with Crippen LogP contribution >= 0.6 is 27.3 Å². The van der Waals surface area contributed by atoms with Crippen LogP contribution in [0.15, 0.2) is 27.4 Å². The molecule has 0 bridgehead atoms. The van der Waals surface area contributed by atoms with Gasteiger partial charge in [-0.15, -0.1) is 11.3 Å². The first-order valence-electron chi connectivity index (χ1n) is 3.93. The van der Waals surface area contributed by atoms with Gasteiger partial charge in [-0.05, 0) is 28.1 Å². The number of aromatic nitrogens is 1. The van der Waals surface area contributed by atoms with Crippen LogP contribution in [0.3, 0.4) is 0 Å². The fraction of sp³-hybridized carbons (Fsp3) is 0.111. The van der Waals surface area contributed by atoms with Crippen LogP contribution in [0.2, 0.25) is 0 Å². The lowest BCUT2D eigenvalue weighted by Gasteiger charge is -1.86. The number of rotatable bonds is 3. The zero-order valence-corrected chi connectivity index (χ0v) is 9.47. The predicted molar refractivity (Wildman–Crippen MR) is 57.3 cm³/mol. The molecule has 0 fully saturated rings. The van der Waals surface area contributed by atoms with Gasteiger partial charge in [0, 0.05) is 17.5 Å². The highest BCUT2D eigenvalue weighted by Gasteiger charge is 2.07. The summed E-state index contributed by atoms with van der Waals surface area (Å²) in [6.45, 7) is 0. The van der Waals surface area contributed by atoms with E-state index in [2.05, 4.69) is 20.9 Å². The van der Waals surface area contributed by atoms with Crippen LogP contribution in [0.1, 0.15) is 4.88 Å². The first-order chi connectivity index (χ1) is 6.79. The summed E-state index contributed by atoms with van der Waals surface area (Å²) in [5.41, 5.74) is 0. The average Bonchev–Trinajstić information content (AvgIpc) is 2.74. The van der Waals surface area contributed by atoms with E-state index in [4.69, 9.17) is 4.42 Å². The maximum Gasteiger partial charge on any atom is 0.170 e. The minimum Gasteiger partial charge on any atom is -0.447 e.